The van der Waals surface area contributed by atoms with E-state index in [4.69, 9.17) is 19.3 Å². The number of piperidine rings is 2. The molecule has 0 radical (unpaired) electrons. The number of amides is 1. The number of aliphatic hydroxyl groups excluding tert-OH is 1. The lowest BCUT2D eigenvalue weighted by molar-refractivity contribution is -0.104. The highest BCUT2D eigenvalue weighted by Gasteiger charge is 2.47. The van der Waals surface area contributed by atoms with E-state index in [1.54, 1.807) is 0 Å². The van der Waals surface area contributed by atoms with Crippen LogP contribution in [0.15, 0.2) is 0 Å². The van der Waals surface area contributed by atoms with Crippen molar-refractivity contribution in [3.05, 3.63) is 0 Å². The molecule has 7 nitrogen and oxygen atoms in total. The van der Waals surface area contributed by atoms with Crippen LogP contribution in [0.25, 0.3) is 0 Å². The molecule has 0 aromatic heterocycles. The van der Waals surface area contributed by atoms with Crippen molar-refractivity contribution in [3.63, 3.8) is 0 Å². The van der Waals surface area contributed by atoms with Gasteiger partial charge < -0.3 is 29.5 Å². The number of carbonyl (C=O) groups excluding carboxylic acids is 1. The first-order chi connectivity index (χ1) is 15.7. The van der Waals surface area contributed by atoms with Crippen molar-refractivity contribution in [2.45, 2.75) is 103 Å². The van der Waals surface area contributed by atoms with Crippen molar-refractivity contribution in [2.24, 2.45) is 10.8 Å². The van der Waals surface area contributed by atoms with Crippen molar-refractivity contribution in [1.29, 1.82) is 0 Å². The molecule has 0 atom stereocenters. The van der Waals surface area contributed by atoms with Crippen LogP contribution in [0.4, 0.5) is 4.79 Å². The fourth-order valence-electron chi connectivity index (χ4n) is 5.82. The van der Waals surface area contributed by atoms with Gasteiger partial charge in [-0.25, -0.2) is 4.79 Å². The fourth-order valence-corrected chi connectivity index (χ4v) is 5.82. The average molecular weight is 505 g/mol. The second-order valence-corrected chi connectivity index (χ2v) is 11.7. The van der Waals surface area contributed by atoms with Crippen LogP contribution in [0.1, 0.15) is 85.5 Å². The zero-order valence-electron chi connectivity index (χ0n) is 21.9. The molecule has 34 heavy (non-hydrogen) atoms. The number of nitrogens with one attached hydrogen (secondary N) is 1. The third-order valence-corrected chi connectivity index (χ3v) is 7.79. The lowest BCUT2D eigenvalue weighted by Gasteiger charge is -2.51. The molecule has 2 aliphatic carbocycles. The maximum absolute atomic E-state index is 12.0. The van der Waals surface area contributed by atoms with Crippen LogP contribution in [0.3, 0.4) is 0 Å². The van der Waals surface area contributed by atoms with E-state index in [1.165, 1.54) is 51.6 Å². The number of nitrogens with zero attached hydrogens (tertiary/aromatic N) is 1. The summed E-state index contributed by atoms with van der Waals surface area (Å²) in [5, 5.41) is 12.0. The maximum Gasteiger partial charge on any atom is 0.410 e. The predicted molar refractivity (Wildman–Crippen MR) is 137 cm³/mol. The van der Waals surface area contributed by atoms with Crippen LogP contribution < -0.4 is 5.32 Å². The van der Waals surface area contributed by atoms with Crippen molar-refractivity contribution < 1.29 is 24.1 Å². The molecule has 0 aromatic rings. The minimum Gasteiger partial charge on any atom is -0.444 e. The normalized spacial score (nSPS) is 25.4. The number of aliphatic hydroxyl groups is 1. The van der Waals surface area contributed by atoms with E-state index in [0.29, 0.717) is 29.6 Å². The Kier molecular flexibility index (Phi) is 11.4. The molecule has 4 fully saturated rings. The van der Waals surface area contributed by atoms with Gasteiger partial charge in [-0.15, -0.1) is 12.4 Å². The van der Waals surface area contributed by atoms with Gasteiger partial charge in [0.05, 0.1) is 25.4 Å². The van der Waals surface area contributed by atoms with Gasteiger partial charge in [-0.05, 0) is 102 Å². The second kappa shape index (κ2) is 13.1. The van der Waals surface area contributed by atoms with Crippen LogP contribution in [0.2, 0.25) is 0 Å². The Morgan fingerprint density at radius 1 is 0.941 bits per heavy atom. The zero-order valence-corrected chi connectivity index (χ0v) is 22.7. The van der Waals surface area contributed by atoms with E-state index < -0.39 is 5.60 Å². The molecule has 2 N–H and O–H groups in total. The van der Waals surface area contributed by atoms with Gasteiger partial charge in [0, 0.05) is 19.7 Å². The van der Waals surface area contributed by atoms with E-state index in [0.717, 1.165) is 39.0 Å². The van der Waals surface area contributed by atoms with Crippen LogP contribution in [0.5, 0.6) is 0 Å². The average Bonchev–Trinajstić information content (AvgIpc) is 2.73. The Morgan fingerprint density at radius 3 is 1.91 bits per heavy atom. The monoisotopic (exact) mass is 504 g/mol. The van der Waals surface area contributed by atoms with Gasteiger partial charge in [0.15, 0.2) is 0 Å². The standard InChI is InChI=1S/C16H29NO3.C10H19NO2.ClH/c1-5-10-19-13-11-16(12-13)6-8-17(9-7-16)14(18)20-15(2,3)4;12-5-6-13-9-7-10(8-9)1-3-11-4-2-10;/h13H,5-12H2,1-4H3;9,11-12H,1-8H2;1H. The van der Waals surface area contributed by atoms with Crippen molar-refractivity contribution in [1.82, 2.24) is 10.2 Å². The Labute approximate surface area is 213 Å². The lowest BCUT2D eigenvalue weighted by atomic mass is 9.61. The molecule has 4 aliphatic rings. The summed E-state index contributed by atoms with van der Waals surface area (Å²) in [6.45, 7) is 13.4. The summed E-state index contributed by atoms with van der Waals surface area (Å²) in [7, 11) is 0. The van der Waals surface area contributed by atoms with E-state index in [2.05, 4.69) is 12.2 Å². The lowest BCUT2D eigenvalue weighted by Crippen LogP contribution is -2.51. The van der Waals surface area contributed by atoms with Crippen LogP contribution in [0, 0.1) is 10.8 Å². The third kappa shape index (κ3) is 8.51. The molecule has 2 saturated heterocycles. The van der Waals surface area contributed by atoms with Crippen LogP contribution >= 0.6 is 12.4 Å². The smallest absolute Gasteiger partial charge is 0.410 e. The summed E-state index contributed by atoms with van der Waals surface area (Å²) in [6.07, 6.45) is 11.4. The summed E-state index contributed by atoms with van der Waals surface area (Å²) in [6, 6.07) is 0. The molecule has 1 amide bonds. The molecular formula is C26H49ClN2O5. The van der Waals surface area contributed by atoms with E-state index in [-0.39, 0.29) is 25.1 Å². The third-order valence-electron chi connectivity index (χ3n) is 7.79. The number of ether oxygens (including phenoxy) is 3. The Morgan fingerprint density at radius 2 is 1.44 bits per heavy atom. The molecular weight excluding hydrogens is 456 g/mol. The van der Waals surface area contributed by atoms with Crippen molar-refractivity contribution in [3.8, 4) is 0 Å². The quantitative estimate of drug-likeness (QED) is 0.552. The van der Waals surface area contributed by atoms with E-state index >= 15 is 0 Å². The summed E-state index contributed by atoms with van der Waals surface area (Å²) in [5.74, 6) is 0. The van der Waals surface area contributed by atoms with Crippen molar-refractivity contribution >= 4 is 18.5 Å². The molecule has 0 unspecified atom stereocenters. The summed E-state index contributed by atoms with van der Waals surface area (Å²) in [5.41, 5.74) is 0.643. The first-order valence-electron chi connectivity index (χ1n) is 13.2. The summed E-state index contributed by atoms with van der Waals surface area (Å²) < 4.78 is 16.7. The molecule has 0 aromatic carbocycles. The van der Waals surface area contributed by atoms with E-state index in [9.17, 15) is 4.79 Å². The van der Waals surface area contributed by atoms with Gasteiger partial charge in [0.2, 0.25) is 0 Å². The Bertz CT molecular complexity index is 597. The number of likely N-dealkylation sites (tertiary alicyclic amines) is 1. The van der Waals surface area contributed by atoms with Crippen LogP contribution in [-0.4, -0.2) is 79.9 Å². The number of halogens is 1. The molecule has 4 rings (SSSR count). The Balaban J connectivity index is 0.000000253. The maximum atomic E-state index is 12.0. The molecule has 2 aliphatic heterocycles. The largest absolute Gasteiger partial charge is 0.444 e. The fraction of sp³-hybridized carbons (Fsp3) is 0.962. The molecule has 8 heteroatoms. The highest BCUT2D eigenvalue weighted by atomic mass is 35.5. The molecule has 2 spiro atoms. The van der Waals surface area contributed by atoms with Gasteiger partial charge in [-0.2, -0.15) is 0 Å². The molecule has 2 heterocycles. The zero-order chi connectivity index (χ0) is 24.0. The number of hydrogen-bond acceptors (Lipinski definition) is 6. The highest BCUT2D eigenvalue weighted by molar-refractivity contribution is 5.85. The SMILES string of the molecule is CCCOC1CC2(CCN(C(=O)OC(C)(C)C)CC2)C1.Cl.OCCOC1CC2(CCNCC2)C1. The summed E-state index contributed by atoms with van der Waals surface area (Å²) in [4.78, 5) is 13.9. The number of carbonyl (C=O) groups is 1. The second-order valence-electron chi connectivity index (χ2n) is 11.7. The molecule has 200 valence electrons. The predicted octanol–water partition coefficient (Wildman–Crippen LogP) is 4.54. The minimum atomic E-state index is -0.401. The van der Waals surface area contributed by atoms with E-state index in [1.807, 2.05) is 25.7 Å². The Hall–Kier alpha value is -0.600. The highest BCUT2D eigenvalue weighted by Crippen LogP contribution is 2.50. The van der Waals surface area contributed by atoms with Crippen molar-refractivity contribution in [2.75, 3.05) is 46.0 Å². The summed E-state index contributed by atoms with van der Waals surface area (Å²) >= 11 is 0. The van der Waals surface area contributed by atoms with Gasteiger partial charge in [-0.3, -0.25) is 0 Å². The van der Waals surface area contributed by atoms with Gasteiger partial charge in [0.25, 0.3) is 0 Å². The number of hydrogen-bond donors (Lipinski definition) is 2. The first-order valence-corrected chi connectivity index (χ1v) is 13.2. The number of rotatable bonds is 6. The van der Waals surface area contributed by atoms with Gasteiger partial charge in [-0.1, -0.05) is 6.92 Å². The molecule has 2 saturated carbocycles. The molecule has 0 bridgehead atoms. The van der Waals surface area contributed by atoms with Crippen LogP contribution in [-0.2, 0) is 14.2 Å². The minimum absolute atomic E-state index is 0. The van der Waals surface area contributed by atoms with Gasteiger partial charge in [0.1, 0.15) is 5.60 Å². The van der Waals surface area contributed by atoms with Gasteiger partial charge >= 0.3 is 6.09 Å². The topological polar surface area (TPSA) is 80.3 Å². The first kappa shape index (κ1) is 29.6.